The van der Waals surface area contributed by atoms with E-state index in [2.05, 4.69) is 67.8 Å². The molecule has 10 heteroatoms. The molecule has 3 N–H and O–H groups in total. The number of ether oxygens (including phenoxy) is 1. The number of aliphatic hydroxyl groups excluding tert-OH is 1. The lowest BCUT2D eigenvalue weighted by Gasteiger charge is -2.15. The fourth-order valence-corrected chi connectivity index (χ4v) is 4.95. The predicted molar refractivity (Wildman–Crippen MR) is 183 cm³/mol. The van der Waals surface area contributed by atoms with Gasteiger partial charge in [-0.05, 0) is 51.4 Å². The van der Waals surface area contributed by atoms with E-state index >= 15 is 0 Å². The molecular formula is C35H62NO8P. The zero-order chi connectivity index (χ0) is 33.3. The van der Waals surface area contributed by atoms with Gasteiger partial charge in [-0.1, -0.05) is 114 Å². The first-order valence-corrected chi connectivity index (χ1v) is 18.6. The molecule has 0 aromatic heterocycles. The maximum atomic E-state index is 12.0. The van der Waals surface area contributed by atoms with Crippen molar-refractivity contribution in [3.8, 4) is 0 Å². The first kappa shape index (κ1) is 43.0. The standard InChI is InChI=1S/C35H62NO8P/c1-3-5-7-9-11-13-14-15-16-17-18-20-21-23-25-27-34(38)36-29-30-43-45(40,41)44-32-33(37)31-42-35(39)28-26-24-22-19-12-10-8-6-4-2/h5,7,11,13,15-16,18,20,33,37H,3-4,6,8-10,12,14,17,19,21-32H2,1-2H3,(H,36,38)(H,40,41)/b7-5-,13-11-,16-15-,20-18-. The number of aliphatic hydroxyl groups is 1. The maximum absolute atomic E-state index is 12.0. The normalized spacial score (nSPS) is 14.1. The molecule has 260 valence electrons. The second-order valence-corrected chi connectivity index (χ2v) is 12.6. The van der Waals surface area contributed by atoms with Crippen LogP contribution in [0.15, 0.2) is 48.6 Å². The van der Waals surface area contributed by atoms with Crippen molar-refractivity contribution in [1.82, 2.24) is 5.32 Å². The Morgan fingerprint density at radius 2 is 1.27 bits per heavy atom. The molecule has 0 aliphatic heterocycles. The molecule has 0 aliphatic rings. The highest BCUT2D eigenvalue weighted by atomic mass is 31.2. The Balaban J connectivity index is 3.73. The van der Waals surface area contributed by atoms with Crippen LogP contribution in [0.5, 0.6) is 0 Å². The second-order valence-electron chi connectivity index (χ2n) is 11.1. The molecule has 2 atom stereocenters. The lowest BCUT2D eigenvalue weighted by molar-refractivity contribution is -0.147. The zero-order valence-corrected chi connectivity index (χ0v) is 28.9. The van der Waals surface area contributed by atoms with Crippen molar-refractivity contribution >= 4 is 19.7 Å². The van der Waals surface area contributed by atoms with Crippen molar-refractivity contribution in [1.29, 1.82) is 0 Å². The predicted octanol–water partition coefficient (Wildman–Crippen LogP) is 8.43. The van der Waals surface area contributed by atoms with Crippen LogP contribution in [0, 0.1) is 0 Å². The average molecular weight is 656 g/mol. The van der Waals surface area contributed by atoms with Crippen LogP contribution >= 0.6 is 7.82 Å². The van der Waals surface area contributed by atoms with E-state index in [0.717, 1.165) is 64.2 Å². The summed E-state index contributed by atoms with van der Waals surface area (Å²) in [7, 11) is -4.42. The van der Waals surface area contributed by atoms with E-state index in [9.17, 15) is 24.2 Å². The summed E-state index contributed by atoms with van der Waals surface area (Å²) in [5, 5.41) is 12.6. The van der Waals surface area contributed by atoms with E-state index in [4.69, 9.17) is 13.8 Å². The number of esters is 1. The first-order chi connectivity index (χ1) is 21.8. The molecule has 0 aromatic rings. The number of carbonyl (C=O) groups is 2. The number of hydrogen-bond acceptors (Lipinski definition) is 7. The third-order valence-corrected chi connectivity index (χ3v) is 7.76. The van der Waals surface area contributed by atoms with Crippen molar-refractivity contribution in [2.24, 2.45) is 0 Å². The van der Waals surface area contributed by atoms with Gasteiger partial charge >= 0.3 is 13.8 Å². The maximum Gasteiger partial charge on any atom is 0.472 e. The highest BCUT2D eigenvalue weighted by Gasteiger charge is 2.23. The Labute approximate surface area is 273 Å². The van der Waals surface area contributed by atoms with Crippen LogP contribution in [0.2, 0.25) is 0 Å². The van der Waals surface area contributed by atoms with Gasteiger partial charge in [0.05, 0.1) is 13.2 Å². The topological polar surface area (TPSA) is 131 Å². The average Bonchev–Trinajstić information content (AvgIpc) is 3.02. The molecule has 0 aliphatic carbocycles. The minimum atomic E-state index is -4.42. The number of amides is 1. The molecule has 0 heterocycles. The van der Waals surface area contributed by atoms with Crippen LogP contribution in [0.3, 0.4) is 0 Å². The van der Waals surface area contributed by atoms with Crippen LogP contribution in [-0.2, 0) is 27.9 Å². The summed E-state index contributed by atoms with van der Waals surface area (Å²) in [6, 6.07) is 0. The lowest BCUT2D eigenvalue weighted by Crippen LogP contribution is -2.27. The number of allylic oxidation sites excluding steroid dienone is 8. The van der Waals surface area contributed by atoms with Crippen molar-refractivity contribution in [2.75, 3.05) is 26.4 Å². The van der Waals surface area contributed by atoms with Gasteiger partial charge in [-0.2, -0.15) is 0 Å². The van der Waals surface area contributed by atoms with Gasteiger partial charge in [0.25, 0.3) is 0 Å². The van der Waals surface area contributed by atoms with E-state index in [1.165, 1.54) is 38.5 Å². The fraction of sp³-hybridized carbons (Fsp3) is 0.714. The van der Waals surface area contributed by atoms with E-state index in [1.807, 2.05) is 0 Å². The lowest BCUT2D eigenvalue weighted by atomic mass is 10.1. The molecule has 0 saturated heterocycles. The highest BCUT2D eigenvalue weighted by molar-refractivity contribution is 7.47. The summed E-state index contributed by atoms with van der Waals surface area (Å²) in [5.74, 6) is -0.567. The molecule has 9 nitrogen and oxygen atoms in total. The molecule has 2 unspecified atom stereocenters. The largest absolute Gasteiger partial charge is 0.472 e. The molecule has 0 bridgehead atoms. The van der Waals surface area contributed by atoms with E-state index < -0.39 is 26.5 Å². The van der Waals surface area contributed by atoms with Crippen LogP contribution in [-0.4, -0.2) is 54.3 Å². The molecule has 0 radical (unpaired) electrons. The second kappa shape index (κ2) is 31.9. The number of carbonyl (C=O) groups excluding carboxylic acids is 2. The van der Waals surface area contributed by atoms with Crippen LogP contribution in [0.4, 0.5) is 0 Å². The van der Waals surface area contributed by atoms with E-state index in [1.54, 1.807) is 0 Å². The monoisotopic (exact) mass is 655 g/mol. The third-order valence-electron chi connectivity index (χ3n) is 6.77. The molecule has 45 heavy (non-hydrogen) atoms. The quantitative estimate of drug-likeness (QED) is 0.0294. The van der Waals surface area contributed by atoms with Crippen molar-refractivity contribution < 1.29 is 37.9 Å². The summed E-state index contributed by atoms with van der Waals surface area (Å²) < 4.78 is 26.6. The molecule has 0 aromatic carbocycles. The van der Waals surface area contributed by atoms with Gasteiger partial charge in [-0.25, -0.2) is 4.57 Å². The summed E-state index contributed by atoms with van der Waals surface area (Å²) in [4.78, 5) is 33.6. The minimum absolute atomic E-state index is 0.0582. The molecule has 0 saturated carbocycles. The first-order valence-electron chi connectivity index (χ1n) is 17.1. The van der Waals surface area contributed by atoms with Crippen molar-refractivity contribution in [2.45, 2.75) is 136 Å². The van der Waals surface area contributed by atoms with Crippen molar-refractivity contribution in [3.63, 3.8) is 0 Å². The summed E-state index contributed by atoms with van der Waals surface area (Å²) >= 11 is 0. The zero-order valence-electron chi connectivity index (χ0n) is 28.0. The number of rotatable bonds is 31. The molecule has 0 fully saturated rings. The smallest absolute Gasteiger partial charge is 0.463 e. The molecule has 0 spiro atoms. The van der Waals surface area contributed by atoms with Crippen LogP contribution in [0.25, 0.3) is 0 Å². The highest BCUT2D eigenvalue weighted by Crippen LogP contribution is 2.42. The number of nitrogens with one attached hydrogen (secondary N) is 1. The molecule has 0 rings (SSSR count). The van der Waals surface area contributed by atoms with Gasteiger partial charge in [0, 0.05) is 19.4 Å². The SMILES string of the molecule is CC/C=C\C/C=C\C/C=C\C/C=C\CCCCC(=O)NCCOP(=O)(O)OCC(O)COC(=O)CCCCCCCCCCC. The van der Waals surface area contributed by atoms with Gasteiger partial charge < -0.3 is 20.1 Å². The summed E-state index contributed by atoms with van der Waals surface area (Å²) in [6.45, 7) is 3.32. The number of hydrogen-bond donors (Lipinski definition) is 3. The van der Waals surface area contributed by atoms with Gasteiger partial charge in [-0.15, -0.1) is 0 Å². The van der Waals surface area contributed by atoms with Gasteiger partial charge in [0.1, 0.15) is 12.7 Å². The Bertz CT molecular complexity index is 887. The van der Waals surface area contributed by atoms with Crippen molar-refractivity contribution in [3.05, 3.63) is 48.6 Å². The van der Waals surface area contributed by atoms with E-state index in [-0.39, 0.29) is 32.1 Å². The summed E-state index contributed by atoms with van der Waals surface area (Å²) in [5.41, 5.74) is 0. The fourth-order valence-electron chi connectivity index (χ4n) is 4.19. The molecule has 1 amide bonds. The Morgan fingerprint density at radius 3 is 1.89 bits per heavy atom. The van der Waals surface area contributed by atoms with Gasteiger partial charge in [0.15, 0.2) is 0 Å². The number of phosphoric acid groups is 1. The Hall–Kier alpha value is -2.03. The summed E-state index contributed by atoms with van der Waals surface area (Å²) in [6.07, 6.45) is 33.4. The van der Waals surface area contributed by atoms with Gasteiger partial charge in [0.2, 0.25) is 5.91 Å². The van der Waals surface area contributed by atoms with Gasteiger partial charge in [-0.3, -0.25) is 18.6 Å². The third kappa shape index (κ3) is 33.2. The van der Waals surface area contributed by atoms with Crippen LogP contribution in [0.1, 0.15) is 129 Å². The Kier molecular flexibility index (Phi) is 30.5. The number of unbranched alkanes of at least 4 members (excludes halogenated alkanes) is 10. The number of phosphoric ester groups is 1. The van der Waals surface area contributed by atoms with Crippen LogP contribution < -0.4 is 5.32 Å². The van der Waals surface area contributed by atoms with E-state index in [0.29, 0.717) is 6.42 Å². The Morgan fingerprint density at radius 1 is 0.711 bits per heavy atom. The minimum Gasteiger partial charge on any atom is -0.463 e. The molecular weight excluding hydrogens is 593 g/mol.